The standard InChI is InChI=1S/C22H20ClN3OS/c1-2-27-17-11-20(28-13-17)19-12-21(26-14-25-19)24-10-9-16-8-7-15-5-3-4-6-18(15)22(16)23/h3-8,11-14H,2,9-10H2,1H3,(H,24,25,26). The number of fused-ring (bicyclic) bond motifs is 1. The van der Waals surface area contributed by atoms with Crippen LogP contribution >= 0.6 is 22.9 Å². The van der Waals surface area contributed by atoms with E-state index >= 15 is 0 Å². The maximum absolute atomic E-state index is 6.59. The van der Waals surface area contributed by atoms with Crippen LogP contribution in [0.25, 0.3) is 21.3 Å². The number of anilines is 1. The van der Waals surface area contributed by atoms with Crippen molar-refractivity contribution in [2.75, 3.05) is 18.5 Å². The summed E-state index contributed by atoms with van der Waals surface area (Å²) in [4.78, 5) is 9.77. The van der Waals surface area contributed by atoms with Gasteiger partial charge < -0.3 is 10.1 Å². The first-order chi connectivity index (χ1) is 13.7. The van der Waals surface area contributed by atoms with E-state index in [4.69, 9.17) is 16.3 Å². The van der Waals surface area contributed by atoms with Gasteiger partial charge in [-0.25, -0.2) is 9.97 Å². The van der Waals surface area contributed by atoms with Gasteiger partial charge in [-0.3, -0.25) is 0 Å². The van der Waals surface area contributed by atoms with E-state index in [-0.39, 0.29) is 0 Å². The van der Waals surface area contributed by atoms with Gasteiger partial charge in [0.2, 0.25) is 0 Å². The second-order valence-electron chi connectivity index (χ2n) is 6.30. The molecule has 0 saturated heterocycles. The Morgan fingerprint density at radius 3 is 2.89 bits per heavy atom. The van der Waals surface area contributed by atoms with Gasteiger partial charge in [0, 0.05) is 29.4 Å². The van der Waals surface area contributed by atoms with E-state index < -0.39 is 0 Å². The highest BCUT2D eigenvalue weighted by atomic mass is 35.5. The van der Waals surface area contributed by atoms with Crippen LogP contribution in [0.5, 0.6) is 5.75 Å². The first-order valence-electron chi connectivity index (χ1n) is 9.18. The number of halogens is 1. The third-order valence-corrected chi connectivity index (χ3v) is 5.83. The molecule has 4 rings (SSSR count). The molecule has 0 aliphatic rings. The van der Waals surface area contributed by atoms with Gasteiger partial charge in [-0.15, -0.1) is 11.3 Å². The number of nitrogens with zero attached hydrogens (tertiary/aromatic N) is 2. The minimum atomic E-state index is 0.657. The van der Waals surface area contributed by atoms with E-state index in [0.29, 0.717) is 6.61 Å². The molecule has 0 amide bonds. The first-order valence-corrected chi connectivity index (χ1v) is 10.4. The van der Waals surface area contributed by atoms with Crippen molar-refractivity contribution in [3.63, 3.8) is 0 Å². The van der Waals surface area contributed by atoms with Crippen molar-refractivity contribution >= 4 is 39.5 Å². The van der Waals surface area contributed by atoms with Crippen LogP contribution in [0, 0.1) is 0 Å². The van der Waals surface area contributed by atoms with Gasteiger partial charge in [-0.2, -0.15) is 0 Å². The lowest BCUT2D eigenvalue weighted by molar-refractivity contribution is 0.342. The number of benzene rings is 2. The van der Waals surface area contributed by atoms with E-state index in [2.05, 4.69) is 39.6 Å². The predicted octanol–water partition coefficient (Wildman–Crippen LogP) is 6.07. The number of rotatable bonds is 7. The average Bonchev–Trinajstić information content (AvgIpc) is 3.19. The third kappa shape index (κ3) is 4.11. The number of hydrogen-bond acceptors (Lipinski definition) is 5. The molecule has 0 radical (unpaired) electrons. The van der Waals surface area contributed by atoms with Crippen molar-refractivity contribution in [1.82, 2.24) is 9.97 Å². The molecule has 1 N–H and O–H groups in total. The summed E-state index contributed by atoms with van der Waals surface area (Å²) in [6.45, 7) is 3.37. The Labute approximate surface area is 173 Å². The summed E-state index contributed by atoms with van der Waals surface area (Å²) < 4.78 is 5.53. The maximum atomic E-state index is 6.59. The molecular formula is C22H20ClN3OS. The Kier molecular flexibility index (Phi) is 5.74. The average molecular weight is 410 g/mol. The Morgan fingerprint density at radius 1 is 1.11 bits per heavy atom. The van der Waals surface area contributed by atoms with Gasteiger partial charge in [-0.05, 0) is 24.3 Å². The Hall–Kier alpha value is -2.63. The largest absolute Gasteiger partial charge is 0.493 e. The fourth-order valence-corrected chi connectivity index (χ4v) is 4.21. The molecule has 6 heteroatoms. The second-order valence-corrected chi connectivity index (χ2v) is 7.59. The summed E-state index contributed by atoms with van der Waals surface area (Å²) in [5.74, 6) is 1.68. The monoisotopic (exact) mass is 409 g/mol. The Morgan fingerprint density at radius 2 is 2.00 bits per heavy atom. The molecular weight excluding hydrogens is 390 g/mol. The van der Waals surface area contributed by atoms with Crippen LogP contribution in [-0.2, 0) is 6.42 Å². The van der Waals surface area contributed by atoms with Crippen molar-refractivity contribution in [3.05, 3.63) is 70.8 Å². The highest BCUT2D eigenvalue weighted by molar-refractivity contribution is 7.13. The molecule has 2 heterocycles. The summed E-state index contributed by atoms with van der Waals surface area (Å²) in [5.41, 5.74) is 2.01. The molecule has 2 aromatic heterocycles. The van der Waals surface area contributed by atoms with E-state index in [1.165, 1.54) is 0 Å². The summed E-state index contributed by atoms with van der Waals surface area (Å²) in [6, 6.07) is 16.4. The molecule has 0 atom stereocenters. The molecule has 0 aliphatic carbocycles. The smallest absolute Gasteiger partial charge is 0.130 e. The normalized spacial score (nSPS) is 10.9. The summed E-state index contributed by atoms with van der Waals surface area (Å²) in [6.07, 6.45) is 2.40. The summed E-state index contributed by atoms with van der Waals surface area (Å²) in [7, 11) is 0. The SMILES string of the molecule is CCOc1csc(-c2cc(NCCc3ccc4ccccc4c3Cl)ncn2)c1. The van der Waals surface area contributed by atoms with Gasteiger partial charge in [-0.1, -0.05) is 48.0 Å². The lowest BCUT2D eigenvalue weighted by Crippen LogP contribution is -2.07. The number of hydrogen-bond donors (Lipinski definition) is 1. The van der Waals surface area contributed by atoms with Crippen molar-refractivity contribution in [3.8, 4) is 16.3 Å². The van der Waals surface area contributed by atoms with Crippen LogP contribution in [0.2, 0.25) is 5.02 Å². The number of thiophene rings is 1. The molecule has 0 fully saturated rings. The molecule has 0 spiro atoms. The minimum Gasteiger partial charge on any atom is -0.493 e. The molecule has 4 nitrogen and oxygen atoms in total. The Bertz CT molecular complexity index is 1100. The molecule has 28 heavy (non-hydrogen) atoms. The topological polar surface area (TPSA) is 47.0 Å². The predicted molar refractivity (Wildman–Crippen MR) is 118 cm³/mol. The van der Waals surface area contributed by atoms with E-state index in [1.54, 1.807) is 17.7 Å². The van der Waals surface area contributed by atoms with Gasteiger partial charge in [0.15, 0.2) is 0 Å². The molecule has 2 aromatic carbocycles. The molecule has 0 saturated carbocycles. The molecule has 4 aromatic rings. The van der Waals surface area contributed by atoms with Crippen molar-refractivity contribution < 1.29 is 4.74 Å². The lowest BCUT2D eigenvalue weighted by atomic mass is 10.0. The number of ether oxygens (including phenoxy) is 1. The minimum absolute atomic E-state index is 0.657. The van der Waals surface area contributed by atoms with E-state index in [1.807, 2.05) is 36.6 Å². The van der Waals surface area contributed by atoms with Gasteiger partial charge in [0.05, 0.1) is 22.2 Å². The van der Waals surface area contributed by atoms with Crippen LogP contribution in [0.1, 0.15) is 12.5 Å². The zero-order chi connectivity index (χ0) is 19.3. The van der Waals surface area contributed by atoms with Crippen molar-refractivity contribution in [2.45, 2.75) is 13.3 Å². The zero-order valence-corrected chi connectivity index (χ0v) is 17.1. The van der Waals surface area contributed by atoms with Crippen LogP contribution < -0.4 is 10.1 Å². The quantitative estimate of drug-likeness (QED) is 0.402. The lowest BCUT2D eigenvalue weighted by Gasteiger charge is -2.09. The highest BCUT2D eigenvalue weighted by Gasteiger charge is 2.08. The molecule has 0 bridgehead atoms. The van der Waals surface area contributed by atoms with Gasteiger partial charge in [0.25, 0.3) is 0 Å². The number of nitrogens with one attached hydrogen (secondary N) is 1. The molecule has 142 valence electrons. The van der Waals surface area contributed by atoms with Crippen LogP contribution in [0.15, 0.2) is 60.2 Å². The zero-order valence-electron chi connectivity index (χ0n) is 15.5. The summed E-state index contributed by atoms with van der Waals surface area (Å²) >= 11 is 8.21. The fraction of sp³-hybridized carbons (Fsp3) is 0.182. The molecule has 0 unspecified atom stereocenters. The Balaban J connectivity index is 1.43. The van der Waals surface area contributed by atoms with Crippen molar-refractivity contribution in [1.29, 1.82) is 0 Å². The number of aromatic nitrogens is 2. The third-order valence-electron chi connectivity index (χ3n) is 4.45. The van der Waals surface area contributed by atoms with E-state index in [0.717, 1.165) is 56.5 Å². The van der Waals surface area contributed by atoms with Crippen LogP contribution in [-0.4, -0.2) is 23.1 Å². The van der Waals surface area contributed by atoms with Gasteiger partial charge >= 0.3 is 0 Å². The first kappa shape index (κ1) is 18.7. The fourth-order valence-electron chi connectivity index (χ4n) is 3.08. The van der Waals surface area contributed by atoms with Crippen molar-refractivity contribution in [2.24, 2.45) is 0 Å². The second kappa shape index (κ2) is 8.59. The highest BCUT2D eigenvalue weighted by Crippen LogP contribution is 2.31. The van der Waals surface area contributed by atoms with E-state index in [9.17, 15) is 0 Å². The summed E-state index contributed by atoms with van der Waals surface area (Å²) in [5, 5.41) is 8.45. The van der Waals surface area contributed by atoms with Crippen LogP contribution in [0.4, 0.5) is 5.82 Å². The molecule has 0 aliphatic heterocycles. The van der Waals surface area contributed by atoms with Gasteiger partial charge in [0.1, 0.15) is 17.9 Å². The van der Waals surface area contributed by atoms with Crippen LogP contribution in [0.3, 0.4) is 0 Å². The maximum Gasteiger partial charge on any atom is 0.130 e.